The zero-order chi connectivity index (χ0) is 14.8. The van der Waals surface area contributed by atoms with Crippen LogP contribution in [0.15, 0.2) is 48.5 Å². The van der Waals surface area contributed by atoms with Gasteiger partial charge in [0.1, 0.15) is 11.6 Å². The van der Waals surface area contributed by atoms with Crippen LogP contribution in [0.2, 0.25) is 0 Å². The molecule has 1 heterocycles. The van der Waals surface area contributed by atoms with Crippen molar-refractivity contribution in [2.75, 3.05) is 13.7 Å². The first kappa shape index (κ1) is 13.6. The van der Waals surface area contributed by atoms with Crippen LogP contribution in [0.5, 0.6) is 5.75 Å². The van der Waals surface area contributed by atoms with Crippen LogP contribution in [-0.4, -0.2) is 23.2 Å². The average molecular weight is 281 g/mol. The molecule has 1 atom stereocenters. The number of hydrogen-bond acceptors (Lipinski definition) is 3. The Morgan fingerprint density at radius 1 is 1.14 bits per heavy atom. The molecule has 0 saturated carbocycles. The van der Waals surface area contributed by atoms with E-state index in [1.165, 1.54) is 0 Å². The highest BCUT2D eigenvalue weighted by molar-refractivity contribution is 5.76. The van der Waals surface area contributed by atoms with E-state index in [-0.39, 0.29) is 6.04 Å². The van der Waals surface area contributed by atoms with Gasteiger partial charge in [0.25, 0.3) is 0 Å². The van der Waals surface area contributed by atoms with E-state index >= 15 is 0 Å². The van der Waals surface area contributed by atoms with Crippen molar-refractivity contribution < 1.29 is 4.74 Å². The Labute approximate surface area is 124 Å². The molecule has 4 heteroatoms. The van der Waals surface area contributed by atoms with Crippen LogP contribution in [-0.2, 0) is 0 Å². The topological polar surface area (TPSA) is 53.1 Å². The molecule has 21 heavy (non-hydrogen) atoms. The van der Waals surface area contributed by atoms with Gasteiger partial charge in [0.05, 0.1) is 24.2 Å². The van der Waals surface area contributed by atoms with Gasteiger partial charge < -0.3 is 15.0 Å². The Bertz CT molecular complexity index is 764. The second kappa shape index (κ2) is 5.58. The van der Waals surface area contributed by atoms with Gasteiger partial charge in [0.15, 0.2) is 0 Å². The Hall–Kier alpha value is -2.33. The molecule has 108 valence electrons. The Balaban J connectivity index is 2.21. The quantitative estimate of drug-likeness (QED) is 0.800. The van der Waals surface area contributed by atoms with Crippen LogP contribution >= 0.6 is 0 Å². The fourth-order valence-corrected chi connectivity index (χ4v) is 2.87. The van der Waals surface area contributed by atoms with Gasteiger partial charge in [-0.15, -0.1) is 0 Å². The van der Waals surface area contributed by atoms with Crippen molar-refractivity contribution in [2.24, 2.45) is 5.73 Å². The summed E-state index contributed by atoms with van der Waals surface area (Å²) in [6.07, 6.45) is 0. The first-order chi connectivity index (χ1) is 10.3. The zero-order valence-electron chi connectivity index (χ0n) is 12.3. The predicted molar refractivity (Wildman–Crippen MR) is 84.7 cm³/mol. The summed E-state index contributed by atoms with van der Waals surface area (Å²) in [5.74, 6) is 1.81. The summed E-state index contributed by atoms with van der Waals surface area (Å²) in [6.45, 7) is 2.50. The molecule has 4 nitrogen and oxygen atoms in total. The van der Waals surface area contributed by atoms with Crippen molar-refractivity contribution in [3.8, 4) is 5.75 Å². The Morgan fingerprint density at radius 3 is 2.62 bits per heavy atom. The molecule has 0 aliphatic rings. The van der Waals surface area contributed by atoms with E-state index in [1.807, 2.05) is 43.3 Å². The predicted octanol–water partition coefficient (Wildman–Crippen LogP) is 2.90. The number of aromatic nitrogens is 2. The molecule has 0 spiro atoms. The molecular weight excluding hydrogens is 262 g/mol. The van der Waals surface area contributed by atoms with Crippen molar-refractivity contribution in [3.63, 3.8) is 0 Å². The maximum atomic E-state index is 6.08. The van der Waals surface area contributed by atoms with Crippen LogP contribution < -0.4 is 10.5 Å². The minimum absolute atomic E-state index is 0.00792. The van der Waals surface area contributed by atoms with E-state index in [1.54, 1.807) is 7.11 Å². The summed E-state index contributed by atoms with van der Waals surface area (Å²) in [4.78, 5) is 4.63. The van der Waals surface area contributed by atoms with Crippen LogP contribution in [0.1, 0.15) is 17.4 Å². The van der Waals surface area contributed by atoms with Crippen molar-refractivity contribution in [2.45, 2.75) is 13.0 Å². The van der Waals surface area contributed by atoms with E-state index in [0.717, 1.165) is 28.2 Å². The molecule has 3 aromatic rings. The first-order valence-corrected chi connectivity index (χ1v) is 7.02. The second-order valence-electron chi connectivity index (χ2n) is 5.01. The first-order valence-electron chi connectivity index (χ1n) is 7.02. The summed E-state index contributed by atoms with van der Waals surface area (Å²) in [5.41, 5.74) is 9.24. The third-order valence-electron chi connectivity index (χ3n) is 3.81. The summed E-state index contributed by atoms with van der Waals surface area (Å²) in [7, 11) is 1.69. The van der Waals surface area contributed by atoms with Gasteiger partial charge in [0.2, 0.25) is 0 Å². The molecule has 1 aromatic heterocycles. The molecule has 3 rings (SSSR count). The largest absolute Gasteiger partial charge is 0.496 e. The zero-order valence-corrected chi connectivity index (χ0v) is 12.3. The molecule has 0 amide bonds. The summed E-state index contributed by atoms with van der Waals surface area (Å²) in [5, 5.41) is 0. The minimum Gasteiger partial charge on any atom is -0.496 e. The fourth-order valence-electron chi connectivity index (χ4n) is 2.87. The Morgan fingerprint density at radius 2 is 1.86 bits per heavy atom. The molecule has 1 unspecified atom stereocenters. The number of benzene rings is 2. The lowest BCUT2D eigenvalue weighted by Gasteiger charge is -2.22. The fraction of sp³-hybridized carbons (Fsp3) is 0.235. The molecule has 0 bridgehead atoms. The van der Waals surface area contributed by atoms with Gasteiger partial charge in [-0.1, -0.05) is 30.3 Å². The lowest BCUT2D eigenvalue weighted by atomic mass is 10.0. The number of nitrogens with two attached hydrogens (primary N) is 1. The van der Waals surface area contributed by atoms with Crippen molar-refractivity contribution in [1.82, 2.24) is 9.55 Å². The number of aryl methyl sites for hydroxylation is 1. The summed E-state index contributed by atoms with van der Waals surface area (Å²) >= 11 is 0. The van der Waals surface area contributed by atoms with E-state index < -0.39 is 0 Å². The second-order valence-corrected chi connectivity index (χ2v) is 5.01. The van der Waals surface area contributed by atoms with Crippen molar-refractivity contribution in [1.29, 1.82) is 0 Å². The average Bonchev–Trinajstić information content (AvgIpc) is 2.85. The highest BCUT2D eigenvalue weighted by atomic mass is 16.5. The number of methoxy groups -OCH3 is 1. The number of para-hydroxylation sites is 3. The number of imidazole rings is 1. The minimum atomic E-state index is 0.00792. The number of hydrogen-bond donors (Lipinski definition) is 1. The number of nitrogens with zero attached hydrogens (tertiary/aromatic N) is 2. The molecule has 0 aliphatic heterocycles. The highest BCUT2D eigenvalue weighted by Gasteiger charge is 2.20. The molecular formula is C17H19N3O. The number of fused-ring (bicyclic) bond motifs is 1. The molecule has 0 radical (unpaired) electrons. The summed E-state index contributed by atoms with van der Waals surface area (Å²) < 4.78 is 7.68. The molecule has 2 N–H and O–H groups in total. The van der Waals surface area contributed by atoms with E-state index in [4.69, 9.17) is 10.5 Å². The molecule has 2 aromatic carbocycles. The van der Waals surface area contributed by atoms with Crippen molar-refractivity contribution >= 4 is 11.0 Å². The van der Waals surface area contributed by atoms with E-state index in [2.05, 4.69) is 21.7 Å². The highest BCUT2D eigenvalue weighted by Crippen LogP contribution is 2.30. The maximum Gasteiger partial charge on any atom is 0.124 e. The summed E-state index contributed by atoms with van der Waals surface area (Å²) in [6, 6.07) is 16.1. The third kappa shape index (κ3) is 2.28. The normalized spacial score (nSPS) is 12.5. The van der Waals surface area contributed by atoms with Crippen LogP contribution in [0, 0.1) is 6.92 Å². The van der Waals surface area contributed by atoms with Gasteiger partial charge in [-0.2, -0.15) is 0 Å². The van der Waals surface area contributed by atoms with Gasteiger partial charge in [0, 0.05) is 12.1 Å². The van der Waals surface area contributed by atoms with Gasteiger partial charge in [-0.25, -0.2) is 4.98 Å². The van der Waals surface area contributed by atoms with Crippen LogP contribution in [0.4, 0.5) is 0 Å². The monoisotopic (exact) mass is 281 g/mol. The third-order valence-corrected chi connectivity index (χ3v) is 3.81. The van der Waals surface area contributed by atoms with Crippen LogP contribution in [0.25, 0.3) is 11.0 Å². The van der Waals surface area contributed by atoms with E-state index in [9.17, 15) is 0 Å². The molecule has 0 fully saturated rings. The van der Waals surface area contributed by atoms with E-state index in [0.29, 0.717) is 6.54 Å². The smallest absolute Gasteiger partial charge is 0.124 e. The standard InChI is InChI=1S/C17H19N3O/c1-12-19-14-8-4-5-9-15(14)20(12)16(11-18)13-7-3-6-10-17(13)21-2/h3-10,16H,11,18H2,1-2H3. The SMILES string of the molecule is COc1ccccc1C(CN)n1c(C)nc2ccccc21. The van der Waals surface area contributed by atoms with Gasteiger partial charge in [-0.05, 0) is 25.1 Å². The number of rotatable bonds is 4. The van der Waals surface area contributed by atoms with Gasteiger partial charge in [-0.3, -0.25) is 0 Å². The van der Waals surface area contributed by atoms with Crippen molar-refractivity contribution in [3.05, 3.63) is 59.9 Å². The van der Waals surface area contributed by atoms with Gasteiger partial charge >= 0.3 is 0 Å². The number of ether oxygens (including phenoxy) is 1. The lowest BCUT2D eigenvalue weighted by molar-refractivity contribution is 0.402. The maximum absolute atomic E-state index is 6.08. The Kier molecular flexibility index (Phi) is 3.62. The lowest BCUT2D eigenvalue weighted by Crippen LogP contribution is -2.22. The molecule has 0 saturated heterocycles. The van der Waals surface area contributed by atoms with Crippen LogP contribution in [0.3, 0.4) is 0 Å². The molecule has 0 aliphatic carbocycles.